The number of halogens is 2. The number of benzene rings is 1. The van der Waals surface area contributed by atoms with Crippen LogP contribution in [-0.2, 0) is 10.0 Å². The van der Waals surface area contributed by atoms with Crippen molar-refractivity contribution in [1.29, 1.82) is 0 Å². The molecule has 17 heavy (non-hydrogen) atoms. The minimum atomic E-state index is -3.43. The van der Waals surface area contributed by atoms with Crippen molar-refractivity contribution < 1.29 is 8.42 Å². The van der Waals surface area contributed by atoms with Crippen molar-refractivity contribution in [2.75, 3.05) is 13.6 Å². The highest BCUT2D eigenvalue weighted by atomic mass is 35.5. The summed E-state index contributed by atoms with van der Waals surface area (Å²) in [4.78, 5) is 0.222. The van der Waals surface area contributed by atoms with Crippen LogP contribution < -0.4 is 10.0 Å². The highest BCUT2D eigenvalue weighted by molar-refractivity contribution is 7.89. The second-order valence-corrected chi connectivity index (χ2v) is 5.70. The molecule has 0 fully saturated rings. The highest BCUT2D eigenvalue weighted by Crippen LogP contribution is 2.13. The Morgan fingerprint density at radius 1 is 1.29 bits per heavy atom. The summed E-state index contributed by atoms with van der Waals surface area (Å²) in [6, 6.07) is 6.15. The van der Waals surface area contributed by atoms with Gasteiger partial charge in [0.1, 0.15) is 0 Å². The number of hydrogen-bond donors (Lipinski definition) is 2. The average molecular weight is 299 g/mol. The maximum atomic E-state index is 11.8. The lowest BCUT2D eigenvalue weighted by Crippen LogP contribution is -2.37. The second kappa shape index (κ2) is 7.18. The fraction of sp³-hybridized carbons (Fsp3) is 0.400. The zero-order chi connectivity index (χ0) is 12.2. The fourth-order valence-corrected chi connectivity index (χ4v) is 2.29. The summed E-state index contributed by atoms with van der Waals surface area (Å²) in [5.74, 6) is 0. The van der Waals surface area contributed by atoms with E-state index in [0.717, 1.165) is 0 Å². The normalized spacial score (nSPS) is 12.9. The van der Waals surface area contributed by atoms with Gasteiger partial charge in [-0.1, -0.05) is 11.6 Å². The molecule has 0 saturated carbocycles. The Morgan fingerprint density at radius 2 is 1.82 bits per heavy atom. The number of rotatable bonds is 5. The third-order valence-corrected chi connectivity index (χ3v) is 3.89. The van der Waals surface area contributed by atoms with E-state index in [1.165, 1.54) is 12.1 Å². The van der Waals surface area contributed by atoms with E-state index < -0.39 is 10.0 Å². The van der Waals surface area contributed by atoms with Crippen molar-refractivity contribution in [3.8, 4) is 0 Å². The molecule has 4 nitrogen and oxygen atoms in total. The molecular formula is C10H16Cl2N2O2S. The standard InChI is InChI=1S/C10H15ClN2O2S.ClH/c1-8(12-2)7-13-16(14,15)10-5-3-9(11)4-6-10;/h3-6,8,12-13H,7H2,1-2H3;1H. The molecule has 0 amide bonds. The van der Waals surface area contributed by atoms with Crippen LogP contribution in [0.5, 0.6) is 0 Å². The van der Waals surface area contributed by atoms with Crippen LogP contribution in [0.15, 0.2) is 29.2 Å². The summed E-state index contributed by atoms with van der Waals surface area (Å²) in [6.45, 7) is 2.24. The third kappa shape index (κ3) is 5.23. The van der Waals surface area contributed by atoms with E-state index in [4.69, 9.17) is 11.6 Å². The first kappa shape index (κ1) is 16.7. The molecule has 1 atom stereocenters. The molecule has 2 N–H and O–H groups in total. The highest BCUT2D eigenvalue weighted by Gasteiger charge is 2.14. The Labute approximate surface area is 113 Å². The van der Waals surface area contributed by atoms with E-state index >= 15 is 0 Å². The number of nitrogens with one attached hydrogen (secondary N) is 2. The molecule has 0 radical (unpaired) electrons. The number of sulfonamides is 1. The van der Waals surface area contributed by atoms with Gasteiger partial charge in [-0.3, -0.25) is 0 Å². The van der Waals surface area contributed by atoms with Crippen LogP contribution in [0, 0.1) is 0 Å². The Bertz CT molecular complexity index is 434. The summed E-state index contributed by atoms with van der Waals surface area (Å²) in [5, 5.41) is 3.47. The maximum absolute atomic E-state index is 11.8. The monoisotopic (exact) mass is 298 g/mol. The maximum Gasteiger partial charge on any atom is 0.240 e. The predicted octanol–water partition coefficient (Wildman–Crippen LogP) is 1.65. The van der Waals surface area contributed by atoms with Gasteiger partial charge in [-0.2, -0.15) is 0 Å². The van der Waals surface area contributed by atoms with Gasteiger partial charge in [0.25, 0.3) is 0 Å². The molecule has 0 bridgehead atoms. The molecule has 0 aromatic heterocycles. The quantitative estimate of drug-likeness (QED) is 0.869. The lowest BCUT2D eigenvalue weighted by Gasteiger charge is -2.11. The van der Waals surface area contributed by atoms with Gasteiger partial charge in [0.05, 0.1) is 4.90 Å². The van der Waals surface area contributed by atoms with E-state index in [2.05, 4.69) is 10.0 Å². The van der Waals surface area contributed by atoms with Crippen molar-refractivity contribution in [3.05, 3.63) is 29.3 Å². The van der Waals surface area contributed by atoms with Crippen LogP contribution >= 0.6 is 24.0 Å². The molecule has 1 unspecified atom stereocenters. The molecule has 1 rings (SSSR count). The Kier molecular flexibility index (Phi) is 7.04. The minimum absolute atomic E-state index is 0. The summed E-state index contributed by atoms with van der Waals surface area (Å²) < 4.78 is 26.1. The van der Waals surface area contributed by atoms with Crippen LogP contribution in [0.25, 0.3) is 0 Å². The molecule has 7 heteroatoms. The molecule has 0 saturated heterocycles. The van der Waals surface area contributed by atoms with Gasteiger partial charge in [-0.25, -0.2) is 13.1 Å². The third-order valence-electron chi connectivity index (χ3n) is 2.20. The molecule has 0 spiro atoms. The molecule has 1 aromatic rings. The molecule has 0 aliphatic rings. The molecule has 0 aliphatic carbocycles. The Hall–Kier alpha value is -0.330. The molecular weight excluding hydrogens is 283 g/mol. The van der Waals surface area contributed by atoms with Gasteiger partial charge in [0.2, 0.25) is 10.0 Å². The van der Waals surface area contributed by atoms with E-state index in [1.807, 2.05) is 6.92 Å². The Balaban J connectivity index is 0.00000256. The minimum Gasteiger partial charge on any atom is -0.316 e. The Morgan fingerprint density at radius 3 is 2.29 bits per heavy atom. The van der Waals surface area contributed by atoms with Crippen LogP contribution in [0.2, 0.25) is 5.02 Å². The first-order valence-corrected chi connectivity index (χ1v) is 6.74. The van der Waals surface area contributed by atoms with Crippen molar-refractivity contribution in [1.82, 2.24) is 10.0 Å². The largest absolute Gasteiger partial charge is 0.316 e. The van der Waals surface area contributed by atoms with Crippen LogP contribution in [0.3, 0.4) is 0 Å². The van der Waals surface area contributed by atoms with Crippen molar-refractivity contribution in [2.45, 2.75) is 17.9 Å². The zero-order valence-corrected chi connectivity index (χ0v) is 12.0. The number of hydrogen-bond acceptors (Lipinski definition) is 3. The van der Waals surface area contributed by atoms with Crippen LogP contribution in [0.4, 0.5) is 0 Å². The fourth-order valence-electron chi connectivity index (χ4n) is 1.03. The van der Waals surface area contributed by atoms with Crippen molar-refractivity contribution >= 4 is 34.0 Å². The summed E-state index contributed by atoms with van der Waals surface area (Å²) >= 11 is 5.69. The lowest BCUT2D eigenvalue weighted by molar-refractivity contribution is 0.554. The first-order valence-electron chi connectivity index (χ1n) is 4.88. The lowest BCUT2D eigenvalue weighted by atomic mass is 10.4. The zero-order valence-electron chi connectivity index (χ0n) is 9.60. The topological polar surface area (TPSA) is 58.2 Å². The van der Waals surface area contributed by atoms with Crippen LogP contribution in [0.1, 0.15) is 6.92 Å². The average Bonchev–Trinajstić information content (AvgIpc) is 2.26. The first-order chi connectivity index (χ1) is 7.45. The molecule has 0 heterocycles. The van der Waals surface area contributed by atoms with Gasteiger partial charge < -0.3 is 5.32 Å². The number of likely N-dealkylation sites (N-methyl/N-ethyl adjacent to an activating group) is 1. The van der Waals surface area contributed by atoms with Gasteiger partial charge in [-0.15, -0.1) is 12.4 Å². The van der Waals surface area contributed by atoms with Gasteiger partial charge in [0.15, 0.2) is 0 Å². The van der Waals surface area contributed by atoms with E-state index in [1.54, 1.807) is 19.2 Å². The molecule has 1 aromatic carbocycles. The van der Waals surface area contributed by atoms with Gasteiger partial charge in [0, 0.05) is 17.6 Å². The summed E-state index contributed by atoms with van der Waals surface area (Å²) in [7, 11) is -1.65. The summed E-state index contributed by atoms with van der Waals surface area (Å²) in [6.07, 6.45) is 0. The second-order valence-electron chi connectivity index (χ2n) is 3.50. The van der Waals surface area contributed by atoms with E-state index in [9.17, 15) is 8.42 Å². The van der Waals surface area contributed by atoms with Crippen LogP contribution in [-0.4, -0.2) is 28.1 Å². The van der Waals surface area contributed by atoms with Gasteiger partial charge in [-0.05, 0) is 38.2 Å². The van der Waals surface area contributed by atoms with E-state index in [-0.39, 0.29) is 23.3 Å². The van der Waals surface area contributed by atoms with Crippen molar-refractivity contribution in [3.63, 3.8) is 0 Å². The smallest absolute Gasteiger partial charge is 0.240 e. The predicted molar refractivity (Wildman–Crippen MR) is 72.4 cm³/mol. The SMILES string of the molecule is CNC(C)CNS(=O)(=O)c1ccc(Cl)cc1.Cl. The van der Waals surface area contributed by atoms with Gasteiger partial charge >= 0.3 is 0 Å². The van der Waals surface area contributed by atoms with E-state index in [0.29, 0.717) is 11.6 Å². The summed E-state index contributed by atoms with van der Waals surface area (Å²) in [5.41, 5.74) is 0. The molecule has 98 valence electrons. The van der Waals surface area contributed by atoms with Crippen molar-refractivity contribution in [2.24, 2.45) is 0 Å². The molecule has 0 aliphatic heterocycles.